The zero-order valence-corrected chi connectivity index (χ0v) is 8.62. The summed E-state index contributed by atoms with van der Waals surface area (Å²) in [6.07, 6.45) is 0. The highest BCUT2D eigenvalue weighted by Crippen LogP contribution is 2.21. The van der Waals surface area contributed by atoms with Crippen LogP contribution in [0, 0.1) is 6.92 Å². The van der Waals surface area contributed by atoms with E-state index in [1.54, 1.807) is 13.0 Å². The Morgan fingerprint density at radius 3 is 2.42 bits per heavy atom. The predicted molar refractivity (Wildman–Crippen MR) is 47.2 cm³/mol. The van der Waals surface area contributed by atoms with E-state index in [9.17, 15) is 12.3 Å². The van der Waals surface area contributed by atoms with E-state index < -0.39 is 10.2 Å². The normalized spacial score (nSPS) is 11.6. The van der Waals surface area contributed by atoms with Crippen molar-refractivity contribution in [2.24, 2.45) is 0 Å². The zero-order valence-electron chi connectivity index (χ0n) is 6.21. The van der Waals surface area contributed by atoms with Crippen LogP contribution in [0.4, 0.5) is 3.89 Å². The van der Waals surface area contributed by atoms with Gasteiger partial charge in [0.1, 0.15) is 4.90 Å². The largest absolute Gasteiger partial charge is 0.332 e. The molecule has 0 aliphatic rings. The van der Waals surface area contributed by atoms with Crippen molar-refractivity contribution >= 4 is 26.2 Å². The molecule has 1 rings (SSSR count). The Kier molecular flexibility index (Phi) is 2.53. The molecule has 0 saturated heterocycles. The summed E-state index contributed by atoms with van der Waals surface area (Å²) in [5, 5.41) is 0. The summed E-state index contributed by atoms with van der Waals surface area (Å²) in [5.74, 6) is 0. The van der Waals surface area contributed by atoms with Gasteiger partial charge in [0.05, 0.1) is 0 Å². The summed E-state index contributed by atoms with van der Waals surface area (Å²) in [6.45, 7) is 1.54. The van der Waals surface area contributed by atoms with Crippen LogP contribution in [0.15, 0.2) is 27.6 Å². The van der Waals surface area contributed by atoms with Gasteiger partial charge in [0.2, 0.25) is 0 Å². The molecule has 0 heterocycles. The highest BCUT2D eigenvalue weighted by atomic mass is 79.9. The molecule has 0 bridgehead atoms. The molecule has 0 unspecified atom stereocenters. The Labute approximate surface area is 78.8 Å². The molecule has 0 aromatic heterocycles. The number of benzene rings is 1. The second-order valence-corrected chi connectivity index (χ2v) is 4.58. The van der Waals surface area contributed by atoms with Gasteiger partial charge in [-0.2, -0.15) is 8.42 Å². The Hall–Kier alpha value is -0.420. The molecule has 66 valence electrons. The first-order valence-electron chi connectivity index (χ1n) is 3.12. The highest BCUT2D eigenvalue weighted by molar-refractivity contribution is 9.10. The van der Waals surface area contributed by atoms with Crippen molar-refractivity contribution in [3.8, 4) is 0 Å². The summed E-state index contributed by atoms with van der Waals surface area (Å²) in [6, 6.07) is 4.44. The average Bonchev–Trinajstić information content (AvgIpc) is 1.92. The lowest BCUT2D eigenvalue weighted by Gasteiger charge is -1.99. The van der Waals surface area contributed by atoms with Crippen molar-refractivity contribution in [3.05, 3.63) is 28.2 Å². The topological polar surface area (TPSA) is 34.1 Å². The number of aryl methyl sites for hydroxylation is 1. The lowest BCUT2D eigenvalue weighted by molar-refractivity contribution is 0.551. The Bertz CT molecular complexity index is 400. The smallest absolute Gasteiger partial charge is 0.189 e. The molecular formula is C7H6BrFO2S. The quantitative estimate of drug-likeness (QED) is 0.720. The van der Waals surface area contributed by atoms with Gasteiger partial charge in [-0.05, 0) is 24.6 Å². The van der Waals surface area contributed by atoms with E-state index in [0.29, 0.717) is 10.0 Å². The molecule has 5 heteroatoms. The molecule has 0 radical (unpaired) electrons. The molecule has 0 N–H and O–H groups in total. The molecule has 0 fully saturated rings. The molecule has 0 aliphatic carbocycles. The van der Waals surface area contributed by atoms with Gasteiger partial charge in [-0.15, -0.1) is 3.89 Å². The van der Waals surface area contributed by atoms with Crippen LogP contribution in [0.25, 0.3) is 0 Å². The fraction of sp³-hybridized carbons (Fsp3) is 0.143. The molecule has 1 aromatic carbocycles. The summed E-state index contributed by atoms with van der Waals surface area (Å²) < 4.78 is 34.1. The van der Waals surface area contributed by atoms with Crippen LogP contribution >= 0.6 is 15.9 Å². The monoisotopic (exact) mass is 252 g/mol. The molecule has 12 heavy (non-hydrogen) atoms. The predicted octanol–water partition coefficient (Wildman–Crippen LogP) is 2.42. The summed E-state index contributed by atoms with van der Waals surface area (Å²) in [5.41, 5.74) is 0.403. The van der Waals surface area contributed by atoms with Crippen LogP contribution in [0.5, 0.6) is 0 Å². The van der Waals surface area contributed by atoms with Crippen molar-refractivity contribution in [3.63, 3.8) is 0 Å². The second kappa shape index (κ2) is 3.14. The maximum atomic E-state index is 12.5. The Morgan fingerprint density at radius 2 is 2.00 bits per heavy atom. The van der Waals surface area contributed by atoms with Crippen LogP contribution in [-0.2, 0) is 10.2 Å². The summed E-state index contributed by atoms with van der Waals surface area (Å²) in [7, 11) is -4.59. The van der Waals surface area contributed by atoms with Crippen molar-refractivity contribution in [2.45, 2.75) is 11.8 Å². The first kappa shape index (κ1) is 9.67. The molecular weight excluding hydrogens is 247 g/mol. The van der Waals surface area contributed by atoms with E-state index in [4.69, 9.17) is 0 Å². The van der Waals surface area contributed by atoms with E-state index in [1.165, 1.54) is 12.1 Å². The summed E-state index contributed by atoms with van der Waals surface area (Å²) in [4.78, 5) is -0.281. The SMILES string of the molecule is Cc1ccc(Br)cc1S(=O)(=O)F. The van der Waals surface area contributed by atoms with Gasteiger partial charge >= 0.3 is 10.2 Å². The first-order valence-corrected chi connectivity index (χ1v) is 5.30. The van der Waals surface area contributed by atoms with Crippen molar-refractivity contribution < 1.29 is 12.3 Å². The lowest BCUT2D eigenvalue weighted by Crippen LogP contribution is -1.94. The number of hydrogen-bond donors (Lipinski definition) is 0. The van der Waals surface area contributed by atoms with E-state index in [1.807, 2.05) is 0 Å². The van der Waals surface area contributed by atoms with Gasteiger partial charge in [-0.1, -0.05) is 22.0 Å². The third kappa shape index (κ3) is 2.04. The molecule has 0 spiro atoms. The van der Waals surface area contributed by atoms with Crippen LogP contribution in [0.2, 0.25) is 0 Å². The number of halogens is 2. The minimum absolute atomic E-state index is 0.281. The van der Waals surface area contributed by atoms with Crippen LogP contribution < -0.4 is 0 Å². The van der Waals surface area contributed by atoms with Crippen molar-refractivity contribution in [1.29, 1.82) is 0 Å². The molecule has 1 aromatic rings. The Balaban J connectivity index is 3.43. The van der Waals surface area contributed by atoms with Gasteiger partial charge in [-0.25, -0.2) is 0 Å². The van der Waals surface area contributed by atoms with Crippen LogP contribution in [0.1, 0.15) is 5.56 Å². The first-order chi connectivity index (χ1) is 5.41. The van der Waals surface area contributed by atoms with Crippen LogP contribution in [0.3, 0.4) is 0 Å². The fourth-order valence-electron chi connectivity index (χ4n) is 0.837. The molecule has 0 amide bonds. The second-order valence-electron chi connectivity index (χ2n) is 2.35. The molecule has 0 atom stereocenters. The van der Waals surface area contributed by atoms with Gasteiger partial charge < -0.3 is 0 Å². The van der Waals surface area contributed by atoms with Gasteiger partial charge in [0.15, 0.2) is 0 Å². The van der Waals surface area contributed by atoms with E-state index in [0.717, 1.165) is 0 Å². The number of rotatable bonds is 1. The summed E-state index contributed by atoms with van der Waals surface area (Å²) >= 11 is 3.06. The van der Waals surface area contributed by atoms with Gasteiger partial charge in [0, 0.05) is 4.47 Å². The average molecular weight is 253 g/mol. The minimum Gasteiger partial charge on any atom is -0.189 e. The maximum Gasteiger partial charge on any atom is 0.332 e. The van der Waals surface area contributed by atoms with Crippen LogP contribution in [-0.4, -0.2) is 8.42 Å². The fourth-order valence-corrected chi connectivity index (χ4v) is 2.07. The third-order valence-electron chi connectivity index (χ3n) is 1.41. The van der Waals surface area contributed by atoms with E-state index >= 15 is 0 Å². The Morgan fingerprint density at radius 1 is 1.42 bits per heavy atom. The van der Waals surface area contributed by atoms with Crippen molar-refractivity contribution in [2.75, 3.05) is 0 Å². The minimum atomic E-state index is -4.59. The maximum absolute atomic E-state index is 12.5. The third-order valence-corrected chi connectivity index (χ3v) is 2.87. The van der Waals surface area contributed by atoms with Crippen molar-refractivity contribution in [1.82, 2.24) is 0 Å². The standard InChI is InChI=1S/C7H6BrFO2S/c1-5-2-3-6(8)4-7(5)12(9,10)11/h2-4H,1H3. The molecule has 2 nitrogen and oxygen atoms in total. The molecule has 0 saturated carbocycles. The van der Waals surface area contributed by atoms with Gasteiger partial charge in [0.25, 0.3) is 0 Å². The zero-order chi connectivity index (χ0) is 9.35. The highest BCUT2D eigenvalue weighted by Gasteiger charge is 2.14. The number of hydrogen-bond acceptors (Lipinski definition) is 2. The van der Waals surface area contributed by atoms with E-state index in [-0.39, 0.29) is 4.90 Å². The lowest BCUT2D eigenvalue weighted by atomic mass is 10.2. The van der Waals surface area contributed by atoms with Gasteiger partial charge in [-0.3, -0.25) is 0 Å². The van der Waals surface area contributed by atoms with E-state index in [2.05, 4.69) is 15.9 Å². The molecule has 0 aliphatic heterocycles.